The van der Waals surface area contributed by atoms with E-state index in [9.17, 15) is 13.2 Å². The molecule has 0 bridgehead atoms. The molecule has 4 aromatic rings. The normalized spacial score (nSPS) is 14.0. The Morgan fingerprint density at radius 1 is 1.03 bits per heavy atom. The van der Waals surface area contributed by atoms with Gasteiger partial charge < -0.3 is 18.6 Å². The second-order valence-electron chi connectivity index (χ2n) is 7.52. The third kappa shape index (κ3) is 4.51. The van der Waals surface area contributed by atoms with Crippen molar-refractivity contribution in [1.82, 2.24) is 25.0 Å². The van der Waals surface area contributed by atoms with Crippen molar-refractivity contribution >= 4 is 0 Å². The summed E-state index contributed by atoms with van der Waals surface area (Å²) in [7, 11) is 1.53. The van der Waals surface area contributed by atoms with E-state index in [1.54, 1.807) is 18.2 Å². The van der Waals surface area contributed by atoms with Crippen LogP contribution in [0, 0.1) is 0 Å². The molecule has 0 saturated heterocycles. The molecule has 2 aromatic heterocycles. The van der Waals surface area contributed by atoms with Crippen molar-refractivity contribution in [3.8, 4) is 45.8 Å². The molecular formula is C22H18F3N5O4. The zero-order chi connectivity index (χ0) is 23.7. The van der Waals surface area contributed by atoms with Crippen molar-refractivity contribution in [2.24, 2.45) is 0 Å². The Bertz CT molecular complexity index is 1290. The van der Waals surface area contributed by atoms with E-state index in [2.05, 4.69) is 25.0 Å². The zero-order valence-electron chi connectivity index (χ0n) is 17.8. The number of halogens is 3. The Morgan fingerprint density at radius 3 is 2.53 bits per heavy atom. The molecule has 0 spiro atoms. The van der Waals surface area contributed by atoms with Gasteiger partial charge in [0.1, 0.15) is 18.4 Å². The molecule has 5 rings (SSSR count). The molecule has 0 radical (unpaired) electrons. The molecular weight excluding hydrogens is 455 g/mol. The molecule has 1 fully saturated rings. The number of alkyl halides is 3. The number of methoxy groups -OCH3 is 1. The third-order valence-corrected chi connectivity index (χ3v) is 5.28. The maximum absolute atomic E-state index is 12.8. The first-order chi connectivity index (χ1) is 16.4. The third-order valence-electron chi connectivity index (χ3n) is 5.28. The van der Waals surface area contributed by atoms with E-state index in [1.807, 2.05) is 0 Å². The van der Waals surface area contributed by atoms with Crippen molar-refractivity contribution in [1.29, 1.82) is 0 Å². The number of rotatable bonds is 7. The summed E-state index contributed by atoms with van der Waals surface area (Å²) in [6.07, 6.45) is 1.16. The average Bonchev–Trinajstić information content (AvgIpc) is 3.47. The van der Waals surface area contributed by atoms with Crippen LogP contribution >= 0.6 is 0 Å². The maximum atomic E-state index is 12.8. The topological polar surface area (TPSA) is 97.3 Å². The molecule has 1 saturated carbocycles. The van der Waals surface area contributed by atoms with Crippen LogP contribution in [0.25, 0.3) is 28.6 Å². The summed E-state index contributed by atoms with van der Waals surface area (Å²) in [5.41, 5.74) is 1.12. The van der Waals surface area contributed by atoms with Crippen LogP contribution in [-0.4, -0.2) is 44.5 Å². The molecule has 2 aromatic carbocycles. The Morgan fingerprint density at radius 2 is 1.85 bits per heavy atom. The Kier molecular flexibility index (Phi) is 5.56. The Hall–Kier alpha value is -4.09. The van der Waals surface area contributed by atoms with Gasteiger partial charge in [0, 0.05) is 5.56 Å². The van der Waals surface area contributed by atoms with Gasteiger partial charge in [-0.3, -0.25) is 0 Å². The second kappa shape index (κ2) is 8.69. The smallest absolute Gasteiger partial charge is 0.493 e. The summed E-state index contributed by atoms with van der Waals surface area (Å²) in [4.78, 5) is 3.87. The van der Waals surface area contributed by atoms with Crippen LogP contribution in [0.3, 0.4) is 0 Å². The van der Waals surface area contributed by atoms with Gasteiger partial charge >= 0.3 is 6.36 Å². The van der Waals surface area contributed by atoms with Crippen molar-refractivity contribution in [2.45, 2.75) is 31.7 Å². The lowest BCUT2D eigenvalue weighted by atomic mass is 9.96. The second-order valence-corrected chi connectivity index (χ2v) is 7.52. The van der Waals surface area contributed by atoms with Gasteiger partial charge in [0.25, 0.3) is 0 Å². The van der Waals surface area contributed by atoms with Crippen LogP contribution in [0.1, 0.15) is 19.3 Å². The fourth-order valence-electron chi connectivity index (χ4n) is 3.43. The van der Waals surface area contributed by atoms with Crippen molar-refractivity contribution in [3.63, 3.8) is 0 Å². The van der Waals surface area contributed by atoms with E-state index in [1.165, 1.54) is 30.5 Å². The highest BCUT2D eigenvalue weighted by atomic mass is 19.4. The molecule has 9 nitrogen and oxygen atoms in total. The van der Waals surface area contributed by atoms with Gasteiger partial charge in [0.2, 0.25) is 11.8 Å². The average molecular weight is 473 g/mol. The van der Waals surface area contributed by atoms with Crippen LogP contribution in [0.5, 0.6) is 17.2 Å². The molecule has 1 aliphatic carbocycles. The molecule has 0 aliphatic heterocycles. The Balaban J connectivity index is 1.49. The van der Waals surface area contributed by atoms with Gasteiger partial charge in [-0.15, -0.1) is 23.4 Å². The summed E-state index contributed by atoms with van der Waals surface area (Å²) >= 11 is 0. The van der Waals surface area contributed by atoms with Crippen molar-refractivity contribution in [3.05, 3.63) is 49.1 Å². The minimum absolute atomic E-state index is 0.0260. The fraction of sp³-hybridized carbons (Fsp3) is 0.273. The SMILES string of the molecule is COc1cc(-c2nnc(-c3cc(OC(F)(F)F)ccc3-n3cncn3)o2)ccc1OC1CCC1. The van der Waals surface area contributed by atoms with Gasteiger partial charge in [-0.1, -0.05) is 0 Å². The molecule has 0 N–H and O–H groups in total. The van der Waals surface area contributed by atoms with Gasteiger partial charge in [-0.25, -0.2) is 9.67 Å². The quantitative estimate of drug-likeness (QED) is 0.377. The Labute approximate surface area is 191 Å². The predicted octanol–water partition coefficient (Wildman–Crippen LogP) is 4.82. The summed E-state index contributed by atoms with van der Waals surface area (Å²) in [5, 5.41) is 12.1. The van der Waals surface area contributed by atoms with Crippen LogP contribution in [0.15, 0.2) is 53.5 Å². The molecule has 2 heterocycles. The molecule has 12 heteroatoms. The van der Waals surface area contributed by atoms with Gasteiger partial charge in [-0.2, -0.15) is 5.10 Å². The van der Waals surface area contributed by atoms with Crippen LogP contribution in [0.4, 0.5) is 13.2 Å². The van der Waals surface area contributed by atoms with E-state index in [0.29, 0.717) is 22.7 Å². The molecule has 34 heavy (non-hydrogen) atoms. The summed E-state index contributed by atoms with van der Waals surface area (Å²) < 4.78 is 60.9. The number of benzene rings is 2. The first-order valence-corrected chi connectivity index (χ1v) is 10.3. The van der Waals surface area contributed by atoms with Gasteiger partial charge in [-0.05, 0) is 55.7 Å². The zero-order valence-corrected chi connectivity index (χ0v) is 17.8. The number of hydrogen-bond donors (Lipinski definition) is 0. The lowest BCUT2D eigenvalue weighted by Gasteiger charge is -2.27. The van der Waals surface area contributed by atoms with E-state index in [4.69, 9.17) is 13.9 Å². The first-order valence-electron chi connectivity index (χ1n) is 10.3. The predicted molar refractivity (Wildman–Crippen MR) is 112 cm³/mol. The largest absolute Gasteiger partial charge is 0.573 e. The number of ether oxygens (including phenoxy) is 3. The summed E-state index contributed by atoms with van der Waals surface area (Å²) in [6.45, 7) is 0. The maximum Gasteiger partial charge on any atom is 0.573 e. The van der Waals surface area contributed by atoms with E-state index in [-0.39, 0.29) is 23.4 Å². The molecule has 1 aliphatic rings. The minimum atomic E-state index is -4.86. The lowest BCUT2D eigenvalue weighted by Crippen LogP contribution is -2.24. The molecule has 176 valence electrons. The van der Waals surface area contributed by atoms with Crippen molar-refractivity contribution < 1.29 is 31.8 Å². The van der Waals surface area contributed by atoms with E-state index < -0.39 is 12.1 Å². The van der Waals surface area contributed by atoms with E-state index >= 15 is 0 Å². The van der Waals surface area contributed by atoms with Crippen LogP contribution in [-0.2, 0) is 0 Å². The van der Waals surface area contributed by atoms with Crippen LogP contribution < -0.4 is 14.2 Å². The standard InChI is InChI=1S/C22H18F3N5O4/c1-31-19-9-13(5-8-18(19)32-14-3-2-4-14)20-28-29-21(33-20)16-10-15(34-22(23,24)25)6-7-17(16)30-12-26-11-27-30/h5-12,14H,2-4H2,1H3. The molecule has 0 atom stereocenters. The number of aromatic nitrogens is 5. The molecule has 0 amide bonds. The van der Waals surface area contributed by atoms with E-state index in [0.717, 1.165) is 31.4 Å². The fourth-order valence-corrected chi connectivity index (χ4v) is 3.43. The van der Waals surface area contributed by atoms with Crippen molar-refractivity contribution in [2.75, 3.05) is 7.11 Å². The summed E-state index contributed by atoms with van der Waals surface area (Å²) in [5.74, 6) is 0.802. The lowest BCUT2D eigenvalue weighted by molar-refractivity contribution is -0.274. The number of hydrogen-bond acceptors (Lipinski definition) is 8. The molecule has 0 unspecified atom stereocenters. The highest BCUT2D eigenvalue weighted by molar-refractivity contribution is 5.69. The van der Waals surface area contributed by atoms with Gasteiger partial charge in [0.15, 0.2) is 11.5 Å². The number of nitrogens with zero attached hydrogens (tertiary/aromatic N) is 5. The minimum Gasteiger partial charge on any atom is -0.493 e. The highest BCUT2D eigenvalue weighted by Gasteiger charge is 2.32. The first kappa shape index (κ1) is 21.7. The monoisotopic (exact) mass is 473 g/mol. The summed E-state index contributed by atoms with van der Waals surface area (Å²) in [6, 6.07) is 8.91. The van der Waals surface area contributed by atoms with Crippen LogP contribution in [0.2, 0.25) is 0 Å². The highest BCUT2D eigenvalue weighted by Crippen LogP contribution is 2.37. The van der Waals surface area contributed by atoms with Gasteiger partial charge in [0.05, 0.1) is 24.5 Å².